The van der Waals surface area contributed by atoms with Gasteiger partial charge in [-0.05, 0) is 38.3 Å². The van der Waals surface area contributed by atoms with Gasteiger partial charge in [0.2, 0.25) is 0 Å². The Labute approximate surface area is 136 Å². The fraction of sp³-hybridized carbons (Fsp3) is 0.368. The summed E-state index contributed by atoms with van der Waals surface area (Å²) in [7, 11) is 0. The average Bonchev–Trinajstić information content (AvgIpc) is 2.85. The number of hydrogen-bond acceptors (Lipinski definition) is 3. The quantitative estimate of drug-likeness (QED) is 0.899. The number of aromatic amines is 1. The number of rotatable bonds is 3. The fourth-order valence-electron chi connectivity index (χ4n) is 3.26. The number of nitrogens with one attached hydrogen (secondary N) is 2. The van der Waals surface area contributed by atoms with Gasteiger partial charge in [-0.25, -0.2) is 0 Å². The third-order valence-corrected chi connectivity index (χ3v) is 4.61. The summed E-state index contributed by atoms with van der Waals surface area (Å²) in [4.78, 5) is 20.3. The first-order valence-corrected chi connectivity index (χ1v) is 8.15. The molecule has 0 saturated carbocycles. The van der Waals surface area contributed by atoms with Crippen molar-refractivity contribution in [3.8, 4) is 0 Å². The van der Waals surface area contributed by atoms with Crippen molar-refractivity contribution in [3.63, 3.8) is 0 Å². The number of aliphatic imine (C=N–C) groups is 1. The number of pyridine rings is 1. The Balaban J connectivity index is 2.04. The van der Waals surface area contributed by atoms with Gasteiger partial charge < -0.3 is 10.3 Å². The molecule has 4 heteroatoms. The van der Waals surface area contributed by atoms with Crippen molar-refractivity contribution in [1.29, 1.82) is 0 Å². The minimum atomic E-state index is 0.0618. The second-order valence-corrected chi connectivity index (χ2v) is 6.20. The van der Waals surface area contributed by atoms with Gasteiger partial charge in [0.05, 0.1) is 12.4 Å². The fourth-order valence-corrected chi connectivity index (χ4v) is 3.26. The molecule has 2 unspecified atom stereocenters. The zero-order valence-corrected chi connectivity index (χ0v) is 14.1. The monoisotopic (exact) mass is 309 g/mol. The molecule has 2 N–H and O–H groups in total. The maximum absolute atomic E-state index is 12.5. The van der Waals surface area contributed by atoms with Crippen LogP contribution in [0.15, 0.2) is 39.3 Å². The molecule has 0 amide bonds. The summed E-state index contributed by atoms with van der Waals surface area (Å²) in [6.45, 7) is 8.22. The lowest BCUT2D eigenvalue weighted by molar-refractivity contribution is 0.576. The summed E-state index contributed by atoms with van der Waals surface area (Å²) in [5.41, 5.74) is 6.06. The van der Waals surface area contributed by atoms with Gasteiger partial charge in [0.15, 0.2) is 5.43 Å². The number of H-pyrrole nitrogens is 1. The van der Waals surface area contributed by atoms with E-state index < -0.39 is 0 Å². The van der Waals surface area contributed by atoms with Crippen LogP contribution in [0, 0.1) is 12.8 Å². The largest absolute Gasteiger partial charge is 0.358 e. The zero-order chi connectivity index (χ0) is 16.6. The summed E-state index contributed by atoms with van der Waals surface area (Å²) < 4.78 is 0. The molecule has 0 radical (unpaired) electrons. The lowest BCUT2D eigenvalue weighted by atomic mass is 9.99. The predicted molar refractivity (Wildman–Crippen MR) is 96.4 cm³/mol. The Morgan fingerprint density at radius 3 is 2.78 bits per heavy atom. The summed E-state index contributed by atoms with van der Waals surface area (Å²) in [5.74, 6) is 0.262. The lowest BCUT2D eigenvalue weighted by Crippen LogP contribution is -2.29. The van der Waals surface area contributed by atoms with Crippen molar-refractivity contribution in [2.24, 2.45) is 10.9 Å². The van der Waals surface area contributed by atoms with Crippen LogP contribution in [0.4, 0.5) is 0 Å². The van der Waals surface area contributed by atoms with E-state index in [1.807, 2.05) is 19.1 Å². The molecule has 120 valence electrons. The molecule has 0 saturated heterocycles. The van der Waals surface area contributed by atoms with E-state index in [-0.39, 0.29) is 17.4 Å². The van der Waals surface area contributed by atoms with Gasteiger partial charge in [-0.1, -0.05) is 25.2 Å². The molecule has 1 aliphatic heterocycles. The number of hydrogen-bond donors (Lipinski definition) is 2. The van der Waals surface area contributed by atoms with Crippen LogP contribution in [-0.2, 0) is 0 Å². The Morgan fingerprint density at radius 2 is 2.13 bits per heavy atom. The first-order valence-electron chi connectivity index (χ1n) is 8.15. The van der Waals surface area contributed by atoms with Crippen LogP contribution in [0.3, 0.4) is 0 Å². The number of aromatic nitrogens is 1. The Hall–Kier alpha value is -2.36. The van der Waals surface area contributed by atoms with E-state index in [1.54, 1.807) is 12.4 Å². The van der Waals surface area contributed by atoms with Gasteiger partial charge >= 0.3 is 0 Å². The van der Waals surface area contributed by atoms with Gasteiger partial charge in [0.25, 0.3) is 0 Å². The average molecular weight is 309 g/mol. The molecule has 3 rings (SSSR count). The second-order valence-electron chi connectivity index (χ2n) is 6.20. The summed E-state index contributed by atoms with van der Waals surface area (Å²) in [6.07, 6.45) is 8.82. The molecule has 2 heterocycles. The van der Waals surface area contributed by atoms with Crippen molar-refractivity contribution < 1.29 is 0 Å². The van der Waals surface area contributed by atoms with E-state index in [4.69, 9.17) is 0 Å². The minimum Gasteiger partial charge on any atom is -0.358 e. The zero-order valence-electron chi connectivity index (χ0n) is 14.1. The predicted octanol–water partition coefficient (Wildman–Crippen LogP) is 3.41. The van der Waals surface area contributed by atoms with Crippen LogP contribution >= 0.6 is 0 Å². The van der Waals surface area contributed by atoms with Crippen LogP contribution < -0.4 is 10.7 Å². The SMILES string of the molecule is CCC=Cc1c(C)[nH]c(C2=CC3C(=C2C)NC=NC3C)cc1=O. The van der Waals surface area contributed by atoms with E-state index in [0.29, 0.717) is 0 Å². The third-order valence-electron chi connectivity index (χ3n) is 4.61. The molecule has 1 aromatic heterocycles. The summed E-state index contributed by atoms with van der Waals surface area (Å²) in [6, 6.07) is 1.93. The van der Waals surface area contributed by atoms with Crippen LogP contribution in [-0.4, -0.2) is 17.4 Å². The molecule has 0 bridgehead atoms. The van der Waals surface area contributed by atoms with Gasteiger partial charge in [-0.15, -0.1) is 0 Å². The molecule has 4 nitrogen and oxygen atoms in total. The third kappa shape index (κ3) is 2.69. The van der Waals surface area contributed by atoms with Crippen molar-refractivity contribution in [1.82, 2.24) is 10.3 Å². The molecule has 0 spiro atoms. The highest BCUT2D eigenvalue weighted by molar-refractivity contribution is 5.83. The molecule has 2 aliphatic rings. The molecule has 0 fully saturated rings. The summed E-state index contributed by atoms with van der Waals surface area (Å²) in [5, 5.41) is 3.26. The molecular weight excluding hydrogens is 286 g/mol. The first-order chi connectivity index (χ1) is 11.0. The number of fused-ring (bicyclic) bond motifs is 1. The van der Waals surface area contributed by atoms with E-state index in [0.717, 1.165) is 28.9 Å². The normalized spacial score (nSPS) is 23.2. The van der Waals surface area contributed by atoms with Gasteiger partial charge in [0, 0.05) is 34.6 Å². The highest BCUT2D eigenvalue weighted by Crippen LogP contribution is 2.38. The van der Waals surface area contributed by atoms with Gasteiger partial charge in [-0.2, -0.15) is 0 Å². The molecule has 1 aromatic rings. The second kappa shape index (κ2) is 6.03. The smallest absolute Gasteiger partial charge is 0.189 e. The Kier molecular flexibility index (Phi) is 4.07. The van der Waals surface area contributed by atoms with E-state index >= 15 is 0 Å². The number of nitrogens with zero attached hydrogens (tertiary/aromatic N) is 1. The standard InChI is InChI=1S/C19H23N3O/c1-5-6-7-14-13(4)22-17(9-18(14)23)15-8-16-12(3)20-10-21-19(16)11(15)2/h6-10,12,16H,5H2,1-4H3,(H,20,21)(H,22,23). The highest BCUT2D eigenvalue weighted by Gasteiger charge is 2.30. The van der Waals surface area contributed by atoms with Crippen molar-refractivity contribution >= 4 is 18.0 Å². The van der Waals surface area contributed by atoms with Crippen molar-refractivity contribution in [2.45, 2.75) is 40.2 Å². The van der Waals surface area contributed by atoms with Crippen LogP contribution in [0.25, 0.3) is 11.6 Å². The molecule has 1 aliphatic carbocycles. The van der Waals surface area contributed by atoms with Crippen molar-refractivity contribution in [3.05, 3.63) is 56.7 Å². The van der Waals surface area contributed by atoms with E-state index in [9.17, 15) is 4.79 Å². The van der Waals surface area contributed by atoms with E-state index in [1.165, 1.54) is 11.3 Å². The maximum Gasteiger partial charge on any atom is 0.189 e. The van der Waals surface area contributed by atoms with Crippen molar-refractivity contribution in [2.75, 3.05) is 0 Å². The molecular formula is C19H23N3O. The lowest BCUT2D eigenvalue weighted by Gasteiger charge is -2.22. The van der Waals surface area contributed by atoms with Crippen LogP contribution in [0.1, 0.15) is 44.1 Å². The van der Waals surface area contributed by atoms with E-state index in [2.05, 4.69) is 42.1 Å². The maximum atomic E-state index is 12.5. The topological polar surface area (TPSA) is 57.2 Å². The number of allylic oxidation sites excluding steroid dienone is 3. The molecule has 2 atom stereocenters. The Morgan fingerprint density at radius 1 is 1.35 bits per heavy atom. The summed E-state index contributed by atoms with van der Waals surface area (Å²) >= 11 is 0. The Bertz CT molecular complexity index is 808. The highest BCUT2D eigenvalue weighted by atomic mass is 16.1. The number of aryl methyl sites for hydroxylation is 1. The first kappa shape index (κ1) is 15.5. The molecule has 23 heavy (non-hydrogen) atoms. The molecule has 0 aromatic carbocycles. The van der Waals surface area contributed by atoms with Crippen LogP contribution in [0.2, 0.25) is 0 Å². The van der Waals surface area contributed by atoms with Gasteiger partial charge in [-0.3, -0.25) is 9.79 Å². The van der Waals surface area contributed by atoms with Crippen LogP contribution in [0.5, 0.6) is 0 Å². The van der Waals surface area contributed by atoms with Gasteiger partial charge in [0.1, 0.15) is 0 Å². The minimum absolute atomic E-state index is 0.0618.